The molecule has 1 rings (SSSR count). The lowest BCUT2D eigenvalue weighted by atomic mass is 9.92. The topological polar surface area (TPSA) is 87.7 Å². The highest BCUT2D eigenvalue weighted by Crippen LogP contribution is 2.17. The van der Waals surface area contributed by atoms with Gasteiger partial charge in [-0.3, -0.25) is 4.79 Å². The summed E-state index contributed by atoms with van der Waals surface area (Å²) in [7, 11) is 0. The lowest BCUT2D eigenvalue weighted by molar-refractivity contribution is 0.0944. The second-order valence-corrected chi connectivity index (χ2v) is 5.54. The van der Waals surface area contributed by atoms with Crippen molar-refractivity contribution in [1.82, 2.24) is 5.32 Å². The van der Waals surface area contributed by atoms with Crippen LogP contribution in [0, 0.1) is 11.2 Å². The fourth-order valence-corrected chi connectivity index (χ4v) is 1.65. The first-order valence-corrected chi connectivity index (χ1v) is 6.28. The van der Waals surface area contributed by atoms with E-state index in [-0.39, 0.29) is 22.8 Å². The average Bonchev–Trinajstić information content (AvgIpc) is 2.38. The zero-order chi connectivity index (χ0) is 14.6. The molecule has 0 radical (unpaired) electrons. The van der Waals surface area contributed by atoms with Crippen LogP contribution >= 0.6 is 15.9 Å². The van der Waals surface area contributed by atoms with Crippen LogP contribution < -0.4 is 11.1 Å². The van der Waals surface area contributed by atoms with Gasteiger partial charge in [0.1, 0.15) is 11.7 Å². The molecule has 0 saturated carbocycles. The van der Waals surface area contributed by atoms with Gasteiger partial charge in [0.05, 0.1) is 4.47 Å². The van der Waals surface area contributed by atoms with Gasteiger partial charge in [0.2, 0.25) is 0 Å². The summed E-state index contributed by atoms with van der Waals surface area (Å²) in [6, 6.07) is 3.97. The molecule has 19 heavy (non-hydrogen) atoms. The van der Waals surface area contributed by atoms with Crippen LogP contribution in [0.4, 0.5) is 4.39 Å². The Kier molecular flexibility index (Phi) is 4.88. The third-order valence-electron chi connectivity index (χ3n) is 2.67. The first-order valence-electron chi connectivity index (χ1n) is 5.49. The summed E-state index contributed by atoms with van der Waals surface area (Å²) in [6.07, 6.45) is 0. The molecule has 0 spiro atoms. The van der Waals surface area contributed by atoms with Gasteiger partial charge in [-0.25, -0.2) is 4.39 Å². The predicted octanol–water partition coefficient (Wildman–Crippen LogP) is 2.09. The van der Waals surface area contributed by atoms with Crippen LogP contribution in [0.25, 0.3) is 0 Å². The van der Waals surface area contributed by atoms with Gasteiger partial charge >= 0.3 is 0 Å². The van der Waals surface area contributed by atoms with Crippen molar-refractivity contribution in [3.8, 4) is 0 Å². The van der Waals surface area contributed by atoms with E-state index in [0.29, 0.717) is 5.56 Å². The number of oxime groups is 1. The number of nitrogens with zero attached hydrogens (tertiary/aromatic N) is 1. The van der Waals surface area contributed by atoms with Crippen LogP contribution in [0.15, 0.2) is 27.8 Å². The fourth-order valence-electron chi connectivity index (χ4n) is 1.27. The number of amides is 1. The Morgan fingerprint density at radius 3 is 2.74 bits per heavy atom. The molecule has 0 saturated heterocycles. The summed E-state index contributed by atoms with van der Waals surface area (Å²) in [5.41, 5.74) is 5.16. The van der Waals surface area contributed by atoms with Crippen LogP contribution in [0.5, 0.6) is 0 Å². The first kappa shape index (κ1) is 15.4. The fraction of sp³-hybridized carbons (Fsp3) is 0.333. The molecule has 0 fully saturated rings. The summed E-state index contributed by atoms with van der Waals surface area (Å²) in [5.74, 6) is -0.777. The Hall–Kier alpha value is -1.63. The molecule has 0 aromatic heterocycles. The van der Waals surface area contributed by atoms with Crippen molar-refractivity contribution in [3.63, 3.8) is 0 Å². The van der Waals surface area contributed by atoms with Gasteiger partial charge in [0, 0.05) is 17.5 Å². The Balaban J connectivity index is 2.73. The van der Waals surface area contributed by atoms with Gasteiger partial charge in [-0.05, 0) is 34.1 Å². The maximum Gasteiger partial charge on any atom is 0.251 e. The normalized spacial score (nSPS) is 12.3. The Labute approximate surface area is 118 Å². The van der Waals surface area contributed by atoms with Gasteiger partial charge < -0.3 is 16.3 Å². The molecular formula is C12H15BrFN3O2. The molecule has 1 aromatic carbocycles. The van der Waals surface area contributed by atoms with Crippen LogP contribution in [0.2, 0.25) is 0 Å². The number of nitrogens with two attached hydrogens (primary N) is 1. The van der Waals surface area contributed by atoms with E-state index in [1.807, 2.05) is 0 Å². The monoisotopic (exact) mass is 331 g/mol. The third kappa shape index (κ3) is 3.92. The lowest BCUT2D eigenvalue weighted by Crippen LogP contribution is -2.42. The van der Waals surface area contributed by atoms with Crippen molar-refractivity contribution in [1.29, 1.82) is 0 Å². The molecule has 0 atom stereocenters. The van der Waals surface area contributed by atoms with E-state index in [4.69, 9.17) is 10.9 Å². The molecule has 4 N–H and O–H groups in total. The van der Waals surface area contributed by atoms with Gasteiger partial charge in [-0.2, -0.15) is 0 Å². The number of hydrogen-bond acceptors (Lipinski definition) is 3. The Bertz CT molecular complexity index is 518. The van der Waals surface area contributed by atoms with Crippen molar-refractivity contribution in [2.45, 2.75) is 13.8 Å². The number of halogens is 2. The Morgan fingerprint density at radius 2 is 2.21 bits per heavy atom. The summed E-state index contributed by atoms with van der Waals surface area (Å²) in [5, 5.41) is 14.2. The third-order valence-corrected chi connectivity index (χ3v) is 3.28. The van der Waals surface area contributed by atoms with Crippen molar-refractivity contribution in [2.24, 2.45) is 16.3 Å². The summed E-state index contributed by atoms with van der Waals surface area (Å²) >= 11 is 3.01. The number of rotatable bonds is 4. The van der Waals surface area contributed by atoms with E-state index in [1.54, 1.807) is 13.8 Å². The van der Waals surface area contributed by atoms with E-state index in [2.05, 4.69) is 26.4 Å². The molecule has 5 nitrogen and oxygen atoms in total. The van der Waals surface area contributed by atoms with Crippen LogP contribution in [0.3, 0.4) is 0 Å². The average molecular weight is 332 g/mol. The second kappa shape index (κ2) is 6.01. The molecule has 0 aliphatic carbocycles. The van der Waals surface area contributed by atoms with E-state index < -0.39 is 11.2 Å². The Morgan fingerprint density at radius 1 is 1.58 bits per heavy atom. The maximum absolute atomic E-state index is 13.1. The molecule has 0 unspecified atom stereocenters. The summed E-state index contributed by atoms with van der Waals surface area (Å²) in [4.78, 5) is 11.9. The molecule has 1 amide bonds. The number of hydrogen-bond donors (Lipinski definition) is 3. The van der Waals surface area contributed by atoms with Crippen LogP contribution in [0.1, 0.15) is 24.2 Å². The minimum atomic E-state index is -0.679. The number of carbonyl (C=O) groups is 1. The number of benzene rings is 1. The van der Waals surface area contributed by atoms with Crippen molar-refractivity contribution in [3.05, 3.63) is 34.1 Å². The lowest BCUT2D eigenvalue weighted by Gasteiger charge is -2.23. The summed E-state index contributed by atoms with van der Waals surface area (Å²) in [6.45, 7) is 3.64. The number of amidine groups is 1. The first-order chi connectivity index (χ1) is 8.77. The van der Waals surface area contributed by atoms with Crippen LogP contribution in [-0.2, 0) is 0 Å². The number of nitrogens with one attached hydrogen (secondary N) is 1. The second-order valence-electron chi connectivity index (χ2n) is 4.68. The highest BCUT2D eigenvalue weighted by atomic mass is 79.9. The summed E-state index contributed by atoms with van der Waals surface area (Å²) < 4.78 is 13.3. The van der Waals surface area contributed by atoms with Crippen LogP contribution in [-0.4, -0.2) is 23.5 Å². The largest absolute Gasteiger partial charge is 0.409 e. The zero-order valence-electron chi connectivity index (χ0n) is 10.6. The van der Waals surface area contributed by atoms with E-state index in [1.165, 1.54) is 18.2 Å². The SMILES string of the molecule is CC(C)(CNC(=O)c1ccc(F)c(Br)c1)/C(N)=N/O. The van der Waals surface area contributed by atoms with Gasteiger partial charge in [0.15, 0.2) is 0 Å². The standard InChI is InChI=1S/C12H15BrFN3O2/c1-12(2,11(15)17-19)6-16-10(18)7-3-4-9(14)8(13)5-7/h3-5,19H,6H2,1-2H3,(H2,15,17)(H,16,18). The van der Waals surface area contributed by atoms with E-state index in [9.17, 15) is 9.18 Å². The minimum Gasteiger partial charge on any atom is -0.409 e. The quantitative estimate of drug-likeness (QED) is 0.341. The van der Waals surface area contributed by atoms with Crippen molar-refractivity contribution >= 4 is 27.7 Å². The highest BCUT2D eigenvalue weighted by Gasteiger charge is 2.24. The molecule has 0 heterocycles. The van der Waals surface area contributed by atoms with Crippen molar-refractivity contribution < 1.29 is 14.4 Å². The zero-order valence-corrected chi connectivity index (χ0v) is 12.2. The molecule has 104 valence electrons. The predicted molar refractivity (Wildman–Crippen MR) is 73.6 cm³/mol. The molecule has 7 heteroatoms. The maximum atomic E-state index is 13.1. The molecule has 1 aromatic rings. The molecular weight excluding hydrogens is 317 g/mol. The van der Waals surface area contributed by atoms with Gasteiger partial charge in [0.25, 0.3) is 5.91 Å². The van der Waals surface area contributed by atoms with Gasteiger partial charge in [-0.1, -0.05) is 19.0 Å². The smallest absolute Gasteiger partial charge is 0.251 e. The van der Waals surface area contributed by atoms with E-state index in [0.717, 1.165) is 0 Å². The molecule has 0 aliphatic rings. The minimum absolute atomic E-state index is 0.0214. The highest BCUT2D eigenvalue weighted by molar-refractivity contribution is 9.10. The molecule has 0 aliphatic heterocycles. The van der Waals surface area contributed by atoms with Crippen molar-refractivity contribution in [2.75, 3.05) is 6.54 Å². The molecule has 0 bridgehead atoms. The number of carbonyl (C=O) groups excluding carboxylic acids is 1. The van der Waals surface area contributed by atoms with Gasteiger partial charge in [-0.15, -0.1) is 0 Å². The van der Waals surface area contributed by atoms with E-state index >= 15 is 0 Å².